The van der Waals surface area contributed by atoms with E-state index in [0.29, 0.717) is 24.1 Å². The number of imidazole rings is 1. The van der Waals surface area contributed by atoms with E-state index in [9.17, 15) is 19.5 Å². The first-order valence-electron chi connectivity index (χ1n) is 14.5. The Morgan fingerprint density at radius 1 is 1.02 bits per heavy atom. The van der Waals surface area contributed by atoms with Crippen LogP contribution in [0.3, 0.4) is 0 Å². The van der Waals surface area contributed by atoms with Crippen molar-refractivity contribution in [2.45, 2.75) is 37.9 Å². The number of carbonyl (C=O) groups is 3. The smallest absolute Gasteiger partial charge is 0.412 e. The number of urea groups is 1. The Bertz CT molecular complexity index is 1730. The zero-order chi connectivity index (χ0) is 31.3. The minimum absolute atomic E-state index is 0.0576. The number of aromatic nitrogens is 4. The number of aromatic carboxylic acids is 1. The second kappa shape index (κ2) is 13.1. The van der Waals surface area contributed by atoms with Crippen molar-refractivity contribution in [3.05, 3.63) is 84.5 Å². The van der Waals surface area contributed by atoms with Crippen LogP contribution in [-0.4, -0.2) is 74.3 Å². The van der Waals surface area contributed by atoms with E-state index < -0.39 is 36.6 Å². The predicted molar refractivity (Wildman–Crippen MR) is 162 cm³/mol. The van der Waals surface area contributed by atoms with E-state index >= 15 is 0 Å². The van der Waals surface area contributed by atoms with Gasteiger partial charge in [0.1, 0.15) is 23.7 Å². The van der Waals surface area contributed by atoms with Gasteiger partial charge in [-0.3, -0.25) is 5.32 Å². The van der Waals surface area contributed by atoms with Gasteiger partial charge in [0, 0.05) is 19.0 Å². The first-order valence-corrected chi connectivity index (χ1v) is 14.5. The van der Waals surface area contributed by atoms with Crippen molar-refractivity contribution in [3.8, 4) is 5.75 Å². The summed E-state index contributed by atoms with van der Waals surface area (Å²) < 4.78 is 20.0. The van der Waals surface area contributed by atoms with E-state index in [4.69, 9.17) is 14.2 Å². The summed E-state index contributed by atoms with van der Waals surface area (Å²) in [4.78, 5) is 49.6. The van der Waals surface area contributed by atoms with Gasteiger partial charge in [0.05, 0.1) is 18.5 Å². The molecule has 2 aromatic carbocycles. The summed E-state index contributed by atoms with van der Waals surface area (Å²) in [7, 11) is 0. The number of carbonyl (C=O) groups excluding carboxylic acids is 2. The average Bonchev–Trinajstić information content (AvgIpc) is 3.74. The number of para-hydroxylation sites is 1. The van der Waals surface area contributed by atoms with Crippen LogP contribution in [0, 0.1) is 5.92 Å². The van der Waals surface area contributed by atoms with Gasteiger partial charge in [-0.15, -0.1) is 0 Å². The van der Waals surface area contributed by atoms with Gasteiger partial charge in [-0.1, -0.05) is 48.5 Å². The first kappa shape index (κ1) is 29.7. The van der Waals surface area contributed by atoms with Crippen LogP contribution in [-0.2, 0) is 9.47 Å². The molecule has 1 aliphatic heterocycles. The lowest BCUT2D eigenvalue weighted by atomic mass is 10.1. The maximum atomic E-state index is 12.7. The van der Waals surface area contributed by atoms with E-state index in [1.165, 1.54) is 18.5 Å². The Kier molecular flexibility index (Phi) is 8.66. The number of hydrogen-bond donors (Lipinski definition) is 4. The first-order chi connectivity index (χ1) is 21.9. The van der Waals surface area contributed by atoms with Crippen molar-refractivity contribution < 1.29 is 33.7 Å². The number of ether oxygens (including phenoxy) is 3. The van der Waals surface area contributed by atoms with Crippen LogP contribution in [0.25, 0.3) is 17.2 Å². The van der Waals surface area contributed by atoms with Crippen molar-refractivity contribution in [1.29, 1.82) is 0 Å². The molecule has 4 aromatic rings. The fourth-order valence-electron chi connectivity index (χ4n) is 5.66. The van der Waals surface area contributed by atoms with Crippen LogP contribution >= 0.6 is 0 Å². The van der Waals surface area contributed by atoms with Crippen LogP contribution in [0.1, 0.15) is 35.3 Å². The number of nitrogens with zero attached hydrogens (tertiary/aromatic N) is 4. The van der Waals surface area contributed by atoms with Crippen molar-refractivity contribution in [2.75, 3.05) is 18.4 Å². The van der Waals surface area contributed by atoms with Crippen molar-refractivity contribution in [2.24, 2.45) is 5.92 Å². The summed E-state index contributed by atoms with van der Waals surface area (Å²) >= 11 is 0. The van der Waals surface area contributed by atoms with Crippen molar-refractivity contribution in [1.82, 2.24) is 30.2 Å². The Morgan fingerprint density at radius 3 is 2.60 bits per heavy atom. The quantitative estimate of drug-likeness (QED) is 0.217. The topological polar surface area (TPSA) is 179 Å². The monoisotopic (exact) mass is 613 g/mol. The highest BCUT2D eigenvalue weighted by molar-refractivity contribution is 5.95. The standard InChI is InChI=1S/C31H31N7O7/c1-2-32-30(41)37-27-24-28(35-16-34-27)38(17-36-24)21-14-19(15-33-31(42)43-22-11-7-6-10-20(22)29(39)40)25-26(21)45-23(44-25)13-12-18-8-4-3-5-9-18/h3-13,16-17,19,21,23,25-26H,2,14-15H2,1H3,(H,33,42)(H,39,40)(H2,32,34,35,37,41)/t19?,21?,23-,25?,26?/m0/s1. The fraction of sp³-hybridized carbons (Fsp3) is 0.290. The van der Waals surface area contributed by atoms with E-state index in [2.05, 4.69) is 30.9 Å². The summed E-state index contributed by atoms with van der Waals surface area (Å²) in [6, 6.07) is 15.0. The van der Waals surface area contributed by atoms with E-state index in [0.717, 1.165) is 5.56 Å². The van der Waals surface area contributed by atoms with E-state index in [1.54, 1.807) is 18.5 Å². The third kappa shape index (κ3) is 6.46. The van der Waals surface area contributed by atoms with Crippen LogP contribution in [0.5, 0.6) is 5.75 Å². The Morgan fingerprint density at radius 2 is 1.80 bits per heavy atom. The number of fused-ring (bicyclic) bond motifs is 2. The van der Waals surface area contributed by atoms with E-state index in [1.807, 2.05) is 54.0 Å². The largest absolute Gasteiger partial charge is 0.478 e. The predicted octanol–water partition coefficient (Wildman–Crippen LogP) is 3.84. The average molecular weight is 614 g/mol. The van der Waals surface area contributed by atoms with Gasteiger partial charge in [-0.2, -0.15) is 0 Å². The number of carboxylic acids is 1. The molecule has 5 atom stereocenters. The van der Waals surface area contributed by atoms with Crippen LogP contribution in [0.2, 0.25) is 0 Å². The Balaban J connectivity index is 1.22. The highest BCUT2D eigenvalue weighted by Gasteiger charge is 2.52. The van der Waals surface area contributed by atoms with Gasteiger partial charge in [-0.05, 0) is 37.1 Å². The van der Waals surface area contributed by atoms with Crippen molar-refractivity contribution >= 4 is 41.2 Å². The highest BCUT2D eigenvalue weighted by atomic mass is 16.7. The SMILES string of the molecule is CCNC(=O)Nc1ncnc2c1ncn2C1CC(CNC(=O)Oc2ccccc2C(=O)O)C2O[C@H](C=Cc3ccccc3)OC21. The molecule has 2 aromatic heterocycles. The van der Waals surface area contributed by atoms with Crippen LogP contribution in [0.15, 0.2) is 73.3 Å². The molecule has 45 heavy (non-hydrogen) atoms. The zero-order valence-corrected chi connectivity index (χ0v) is 24.2. The third-order valence-electron chi connectivity index (χ3n) is 7.65. The molecule has 4 N–H and O–H groups in total. The normalized spacial score (nSPS) is 22.3. The Labute approximate surface area is 257 Å². The summed E-state index contributed by atoms with van der Waals surface area (Å²) in [5, 5.41) is 17.6. The molecule has 232 valence electrons. The van der Waals surface area contributed by atoms with Crippen molar-refractivity contribution in [3.63, 3.8) is 0 Å². The van der Waals surface area contributed by atoms with Gasteiger partial charge >= 0.3 is 18.1 Å². The number of rotatable bonds is 9. The minimum atomic E-state index is -1.20. The number of nitrogens with one attached hydrogen (secondary N) is 3. The van der Waals surface area contributed by atoms with E-state index in [-0.39, 0.29) is 35.6 Å². The van der Waals surface area contributed by atoms with Crippen LogP contribution in [0.4, 0.5) is 15.4 Å². The molecular formula is C31H31N7O7. The number of anilines is 1. The third-order valence-corrected chi connectivity index (χ3v) is 7.65. The van der Waals surface area contributed by atoms with Gasteiger partial charge < -0.3 is 34.5 Å². The molecule has 1 saturated heterocycles. The highest BCUT2D eigenvalue weighted by Crippen LogP contribution is 2.45. The maximum Gasteiger partial charge on any atom is 0.412 e. The molecular weight excluding hydrogens is 582 g/mol. The maximum absolute atomic E-state index is 12.7. The fourth-order valence-corrected chi connectivity index (χ4v) is 5.66. The molecule has 14 heteroatoms. The number of hydrogen-bond acceptors (Lipinski definition) is 9. The second-order valence-corrected chi connectivity index (χ2v) is 10.5. The lowest BCUT2D eigenvalue weighted by Gasteiger charge is -2.19. The summed E-state index contributed by atoms with van der Waals surface area (Å²) in [6.07, 6.45) is 5.04. The number of amides is 3. The summed E-state index contributed by atoms with van der Waals surface area (Å²) in [6.45, 7) is 2.44. The number of benzene rings is 2. The lowest BCUT2D eigenvalue weighted by molar-refractivity contribution is -0.0497. The van der Waals surface area contributed by atoms with Gasteiger partial charge in [0.2, 0.25) is 0 Å². The lowest BCUT2D eigenvalue weighted by Crippen LogP contribution is -2.36. The van der Waals surface area contributed by atoms with Crippen LogP contribution < -0.4 is 20.7 Å². The molecule has 1 aliphatic carbocycles. The molecule has 2 aliphatic rings. The number of carboxylic acid groups (broad SMARTS) is 1. The summed E-state index contributed by atoms with van der Waals surface area (Å²) in [5.41, 5.74) is 1.79. The summed E-state index contributed by atoms with van der Waals surface area (Å²) in [5.74, 6) is -1.19. The van der Waals surface area contributed by atoms with Gasteiger partial charge in [0.25, 0.3) is 0 Å². The molecule has 2 fully saturated rings. The van der Waals surface area contributed by atoms with Gasteiger partial charge in [-0.25, -0.2) is 29.3 Å². The molecule has 3 amide bonds. The molecule has 14 nitrogen and oxygen atoms in total. The molecule has 0 radical (unpaired) electrons. The zero-order valence-electron chi connectivity index (χ0n) is 24.2. The molecule has 4 unspecified atom stereocenters. The molecule has 1 saturated carbocycles. The second-order valence-electron chi connectivity index (χ2n) is 10.5. The minimum Gasteiger partial charge on any atom is -0.478 e. The molecule has 6 rings (SSSR count). The van der Waals surface area contributed by atoms with Gasteiger partial charge in [0.15, 0.2) is 23.3 Å². The Hall–Kier alpha value is -5.34. The molecule has 0 bridgehead atoms. The molecule has 3 heterocycles. The molecule has 0 spiro atoms.